The van der Waals surface area contributed by atoms with E-state index in [-0.39, 0.29) is 34.1 Å². The third-order valence-corrected chi connectivity index (χ3v) is 7.10. The van der Waals surface area contributed by atoms with Crippen LogP contribution in [0.1, 0.15) is 38.8 Å². The third-order valence-electron chi connectivity index (χ3n) is 5.58. The molecular weight excluding hydrogens is 539 g/mol. The standard InChI is InChI=1S/C25H18F3N5O3S2/c1-36-19-6-5-15(25(26,27)28)10-16(19)18-12-33(13-21-29-8-9-37-21)22(34)11-17(18)23(35)30-24-32-31-20(38-24)7-4-14-2-3-14/h5-6,8-12,14H,2-3,13H2,1H3,(H,30,32,35). The molecule has 1 amide bonds. The number of ether oxygens (including phenoxy) is 1. The van der Waals surface area contributed by atoms with Crippen molar-refractivity contribution in [1.82, 2.24) is 19.7 Å². The van der Waals surface area contributed by atoms with Gasteiger partial charge in [-0.1, -0.05) is 17.3 Å². The fourth-order valence-electron chi connectivity index (χ4n) is 3.55. The van der Waals surface area contributed by atoms with Gasteiger partial charge in [-0.25, -0.2) is 4.98 Å². The number of carbonyl (C=O) groups excluding carboxylic acids is 1. The number of pyridine rings is 1. The highest BCUT2D eigenvalue weighted by Crippen LogP contribution is 2.38. The van der Waals surface area contributed by atoms with Crippen molar-refractivity contribution >= 4 is 33.7 Å². The molecule has 1 aromatic carbocycles. The maximum atomic E-state index is 13.6. The highest BCUT2D eigenvalue weighted by atomic mass is 32.1. The Balaban J connectivity index is 1.57. The normalized spacial score (nSPS) is 13.1. The van der Waals surface area contributed by atoms with Crippen LogP contribution < -0.4 is 15.6 Å². The molecule has 0 spiro atoms. The van der Waals surface area contributed by atoms with Gasteiger partial charge in [0.2, 0.25) is 5.13 Å². The van der Waals surface area contributed by atoms with Gasteiger partial charge in [0.05, 0.1) is 24.8 Å². The molecule has 5 rings (SSSR count). The summed E-state index contributed by atoms with van der Waals surface area (Å²) in [5.41, 5.74) is -1.55. The number of halogens is 3. The van der Waals surface area contributed by atoms with E-state index >= 15 is 0 Å². The first-order valence-electron chi connectivity index (χ1n) is 11.3. The maximum absolute atomic E-state index is 13.6. The molecule has 1 fully saturated rings. The molecule has 0 atom stereocenters. The summed E-state index contributed by atoms with van der Waals surface area (Å²) in [6, 6.07) is 4.03. The average molecular weight is 558 g/mol. The van der Waals surface area contributed by atoms with Gasteiger partial charge in [0.15, 0.2) is 5.01 Å². The minimum Gasteiger partial charge on any atom is -0.496 e. The maximum Gasteiger partial charge on any atom is 0.416 e. The number of hydrogen-bond acceptors (Lipinski definition) is 8. The molecule has 194 valence electrons. The van der Waals surface area contributed by atoms with Crippen LogP contribution in [0.2, 0.25) is 0 Å². The van der Waals surface area contributed by atoms with Crippen molar-refractivity contribution in [2.75, 3.05) is 12.4 Å². The van der Waals surface area contributed by atoms with Crippen LogP contribution in [0.25, 0.3) is 11.1 Å². The van der Waals surface area contributed by atoms with E-state index in [1.807, 2.05) is 0 Å². The van der Waals surface area contributed by atoms with Crippen molar-refractivity contribution < 1.29 is 22.7 Å². The molecule has 3 aromatic heterocycles. The second-order valence-corrected chi connectivity index (χ2v) is 10.3. The van der Waals surface area contributed by atoms with Crippen molar-refractivity contribution in [1.29, 1.82) is 0 Å². The number of benzene rings is 1. The Hall–Kier alpha value is -4.02. The fourth-order valence-corrected chi connectivity index (χ4v) is 4.77. The van der Waals surface area contributed by atoms with E-state index in [2.05, 4.69) is 32.3 Å². The summed E-state index contributed by atoms with van der Waals surface area (Å²) in [5, 5.41) is 13.4. The number of aromatic nitrogens is 4. The first kappa shape index (κ1) is 25.6. The summed E-state index contributed by atoms with van der Waals surface area (Å²) in [7, 11) is 1.31. The Morgan fingerprint density at radius 1 is 1.24 bits per heavy atom. The number of nitrogens with one attached hydrogen (secondary N) is 1. The average Bonchev–Trinajstić information content (AvgIpc) is 3.37. The van der Waals surface area contributed by atoms with E-state index in [4.69, 9.17) is 4.74 Å². The second kappa shape index (κ2) is 10.4. The van der Waals surface area contributed by atoms with Gasteiger partial charge in [-0.2, -0.15) is 13.2 Å². The van der Waals surface area contributed by atoms with Gasteiger partial charge in [0, 0.05) is 40.9 Å². The molecule has 1 aliphatic carbocycles. The fraction of sp³-hybridized carbons (Fsp3) is 0.240. The zero-order valence-corrected chi connectivity index (χ0v) is 21.3. The molecular formula is C25H18F3N5O3S2. The van der Waals surface area contributed by atoms with Crippen LogP contribution >= 0.6 is 22.7 Å². The third kappa shape index (κ3) is 5.76. The molecule has 38 heavy (non-hydrogen) atoms. The Bertz CT molecular complexity index is 1610. The van der Waals surface area contributed by atoms with Gasteiger partial charge in [-0.3, -0.25) is 14.9 Å². The van der Waals surface area contributed by atoms with E-state index in [0.717, 1.165) is 42.4 Å². The van der Waals surface area contributed by atoms with Crippen LogP contribution in [0.4, 0.5) is 18.3 Å². The topological polar surface area (TPSA) is 99.0 Å². The van der Waals surface area contributed by atoms with Crippen molar-refractivity contribution in [3.8, 4) is 28.7 Å². The van der Waals surface area contributed by atoms with Crippen LogP contribution in [-0.4, -0.2) is 32.8 Å². The molecule has 3 heterocycles. The molecule has 4 aromatic rings. The van der Waals surface area contributed by atoms with Gasteiger partial charge in [-0.15, -0.1) is 21.5 Å². The number of alkyl halides is 3. The molecule has 0 aliphatic heterocycles. The lowest BCUT2D eigenvalue weighted by molar-refractivity contribution is -0.137. The predicted octanol–water partition coefficient (Wildman–Crippen LogP) is 4.91. The number of thiazole rings is 1. The van der Waals surface area contributed by atoms with Crippen LogP contribution in [0.3, 0.4) is 0 Å². The molecule has 0 unspecified atom stereocenters. The summed E-state index contributed by atoms with van der Waals surface area (Å²) >= 11 is 2.38. The van der Waals surface area contributed by atoms with E-state index in [1.165, 1.54) is 35.3 Å². The first-order valence-corrected chi connectivity index (χ1v) is 13.0. The SMILES string of the molecule is COc1ccc(C(F)(F)F)cc1-c1cn(Cc2nccs2)c(=O)cc1C(=O)Nc1nnc(C#CC2CC2)s1. The van der Waals surface area contributed by atoms with Crippen molar-refractivity contribution in [2.45, 2.75) is 25.6 Å². The van der Waals surface area contributed by atoms with Gasteiger partial charge in [0.25, 0.3) is 11.5 Å². The van der Waals surface area contributed by atoms with Crippen molar-refractivity contribution in [3.63, 3.8) is 0 Å². The Morgan fingerprint density at radius 2 is 2.05 bits per heavy atom. The minimum absolute atomic E-state index is 0.00591. The number of rotatable bonds is 6. The lowest BCUT2D eigenvalue weighted by Crippen LogP contribution is -2.24. The van der Waals surface area contributed by atoms with E-state index < -0.39 is 23.2 Å². The monoisotopic (exact) mass is 557 g/mol. The molecule has 0 bridgehead atoms. The quantitative estimate of drug-likeness (QED) is 0.338. The van der Waals surface area contributed by atoms with Crippen molar-refractivity contribution in [3.05, 3.63) is 73.5 Å². The second-order valence-electron chi connectivity index (χ2n) is 8.32. The Labute approximate surface area is 222 Å². The predicted molar refractivity (Wildman–Crippen MR) is 136 cm³/mol. The highest BCUT2D eigenvalue weighted by Gasteiger charge is 2.32. The summed E-state index contributed by atoms with van der Waals surface area (Å²) in [6.07, 6.45) is 0.373. The Kier molecular flexibility index (Phi) is 7.00. The van der Waals surface area contributed by atoms with Gasteiger partial charge in [0.1, 0.15) is 10.8 Å². The van der Waals surface area contributed by atoms with Gasteiger partial charge in [-0.05, 0) is 37.0 Å². The molecule has 0 saturated heterocycles. The molecule has 1 aliphatic rings. The molecule has 13 heteroatoms. The van der Waals surface area contributed by atoms with Gasteiger partial charge < -0.3 is 9.30 Å². The molecule has 1 N–H and O–H groups in total. The van der Waals surface area contributed by atoms with Gasteiger partial charge >= 0.3 is 6.18 Å². The number of nitrogens with zero attached hydrogens (tertiary/aromatic N) is 4. The zero-order chi connectivity index (χ0) is 26.9. The van der Waals surface area contributed by atoms with E-state index in [9.17, 15) is 22.8 Å². The minimum atomic E-state index is -4.64. The van der Waals surface area contributed by atoms with Crippen LogP contribution in [0.5, 0.6) is 5.75 Å². The van der Waals surface area contributed by atoms with E-state index in [0.29, 0.717) is 15.9 Å². The largest absolute Gasteiger partial charge is 0.496 e. The number of methoxy groups -OCH3 is 1. The number of anilines is 1. The number of hydrogen-bond donors (Lipinski definition) is 1. The molecule has 0 radical (unpaired) electrons. The first-order chi connectivity index (χ1) is 18.2. The van der Waals surface area contributed by atoms with E-state index in [1.54, 1.807) is 11.6 Å². The number of amides is 1. The zero-order valence-electron chi connectivity index (χ0n) is 19.7. The van der Waals surface area contributed by atoms with Crippen LogP contribution in [0, 0.1) is 17.8 Å². The smallest absolute Gasteiger partial charge is 0.416 e. The summed E-state index contributed by atoms with van der Waals surface area (Å²) < 4.78 is 47.3. The summed E-state index contributed by atoms with van der Waals surface area (Å²) in [4.78, 5) is 30.4. The Morgan fingerprint density at radius 3 is 2.74 bits per heavy atom. The summed E-state index contributed by atoms with van der Waals surface area (Å²) in [5.74, 6) is 5.68. The molecule has 8 nitrogen and oxygen atoms in total. The van der Waals surface area contributed by atoms with Crippen LogP contribution in [-0.2, 0) is 12.7 Å². The summed E-state index contributed by atoms with van der Waals surface area (Å²) in [6.45, 7) is 0.0755. The number of carbonyl (C=O) groups is 1. The lowest BCUT2D eigenvalue weighted by Gasteiger charge is -2.17. The lowest BCUT2D eigenvalue weighted by atomic mass is 9.98. The van der Waals surface area contributed by atoms with Crippen molar-refractivity contribution in [2.24, 2.45) is 5.92 Å². The molecule has 1 saturated carbocycles. The highest BCUT2D eigenvalue weighted by molar-refractivity contribution is 7.15. The van der Waals surface area contributed by atoms with Crippen LogP contribution in [0.15, 0.2) is 46.8 Å².